The largest absolute Gasteiger partial charge is 0.392 e. The Morgan fingerprint density at radius 1 is 1.45 bits per heavy atom. The molecule has 20 heavy (non-hydrogen) atoms. The minimum Gasteiger partial charge on any atom is -0.392 e. The maximum Gasteiger partial charge on any atom is 0.252 e. The molecule has 3 nitrogen and oxygen atoms in total. The summed E-state index contributed by atoms with van der Waals surface area (Å²) < 4.78 is 12.9. The van der Waals surface area contributed by atoms with E-state index in [1.807, 2.05) is 27.7 Å². The highest BCUT2D eigenvalue weighted by atomic mass is 35.5. The first-order chi connectivity index (χ1) is 9.15. The first kappa shape index (κ1) is 16.9. The normalized spacial score (nSPS) is 13.4. The van der Waals surface area contributed by atoms with Gasteiger partial charge in [0.25, 0.3) is 5.91 Å². The maximum atomic E-state index is 12.9. The number of halogens is 2. The topological polar surface area (TPSA) is 49.3 Å². The van der Waals surface area contributed by atoms with Gasteiger partial charge in [0.1, 0.15) is 5.82 Å². The van der Waals surface area contributed by atoms with Crippen LogP contribution in [0.2, 0.25) is 5.02 Å². The number of amides is 1. The van der Waals surface area contributed by atoms with Gasteiger partial charge in [-0.2, -0.15) is 0 Å². The van der Waals surface area contributed by atoms with Crippen molar-refractivity contribution < 1.29 is 14.3 Å². The molecule has 0 aromatic heterocycles. The third-order valence-corrected chi connectivity index (χ3v) is 3.63. The Bertz CT molecular complexity index is 489. The molecule has 0 bridgehead atoms. The number of nitrogens with one attached hydrogen (secondary N) is 1. The number of aliphatic hydroxyl groups excluding tert-OH is 1. The summed E-state index contributed by atoms with van der Waals surface area (Å²) >= 11 is 5.84. The summed E-state index contributed by atoms with van der Waals surface area (Å²) in [5, 5.41) is 12.9. The van der Waals surface area contributed by atoms with Crippen molar-refractivity contribution in [2.75, 3.05) is 6.54 Å². The molecule has 0 aliphatic rings. The van der Waals surface area contributed by atoms with Crippen molar-refractivity contribution in [3.05, 3.63) is 34.6 Å². The van der Waals surface area contributed by atoms with Gasteiger partial charge in [-0.15, -0.1) is 0 Å². The van der Waals surface area contributed by atoms with Gasteiger partial charge >= 0.3 is 0 Å². The van der Waals surface area contributed by atoms with Crippen molar-refractivity contribution in [2.24, 2.45) is 11.3 Å². The van der Waals surface area contributed by atoms with E-state index in [1.54, 1.807) is 0 Å². The Hall–Kier alpha value is -1.13. The number of hydrogen-bond donors (Lipinski definition) is 2. The van der Waals surface area contributed by atoms with Crippen molar-refractivity contribution in [3.8, 4) is 0 Å². The van der Waals surface area contributed by atoms with Gasteiger partial charge in [0, 0.05) is 12.0 Å². The number of carbonyl (C=O) groups is 1. The van der Waals surface area contributed by atoms with Gasteiger partial charge in [0.2, 0.25) is 0 Å². The van der Waals surface area contributed by atoms with Crippen LogP contribution in [0.25, 0.3) is 0 Å². The summed E-state index contributed by atoms with van der Waals surface area (Å²) in [4.78, 5) is 12.0. The lowest BCUT2D eigenvalue weighted by Crippen LogP contribution is -2.43. The molecular formula is C15H21ClFNO2. The average molecular weight is 302 g/mol. The smallest absolute Gasteiger partial charge is 0.252 e. The molecule has 1 unspecified atom stereocenters. The highest BCUT2D eigenvalue weighted by molar-refractivity contribution is 6.33. The molecule has 1 atom stereocenters. The molecule has 0 fully saturated rings. The third kappa shape index (κ3) is 4.18. The van der Waals surface area contributed by atoms with Crippen LogP contribution < -0.4 is 5.32 Å². The SMILES string of the molecule is CC(C)C(O)C(C)(C)CNC(=O)c1ccc(F)cc1Cl. The van der Waals surface area contributed by atoms with Gasteiger partial charge in [-0.1, -0.05) is 39.3 Å². The van der Waals surface area contributed by atoms with Crippen molar-refractivity contribution in [3.63, 3.8) is 0 Å². The van der Waals surface area contributed by atoms with Crippen molar-refractivity contribution in [1.29, 1.82) is 0 Å². The standard InChI is InChI=1S/C15H21ClFNO2/c1-9(2)13(19)15(3,4)8-18-14(20)11-6-5-10(17)7-12(11)16/h5-7,9,13,19H,8H2,1-4H3,(H,18,20). The number of rotatable bonds is 5. The van der Waals surface area contributed by atoms with Gasteiger partial charge < -0.3 is 10.4 Å². The molecule has 2 N–H and O–H groups in total. The average Bonchev–Trinajstić information content (AvgIpc) is 2.35. The second-order valence-corrected chi connectivity index (χ2v) is 6.39. The molecule has 0 radical (unpaired) electrons. The Morgan fingerprint density at radius 3 is 2.55 bits per heavy atom. The van der Waals surface area contributed by atoms with Crippen LogP contribution in [0, 0.1) is 17.2 Å². The van der Waals surface area contributed by atoms with E-state index in [1.165, 1.54) is 12.1 Å². The molecule has 0 aliphatic heterocycles. The molecular weight excluding hydrogens is 281 g/mol. The van der Waals surface area contributed by atoms with E-state index in [0.717, 1.165) is 6.07 Å². The molecule has 0 aliphatic carbocycles. The first-order valence-corrected chi connectivity index (χ1v) is 6.94. The maximum absolute atomic E-state index is 12.9. The molecule has 0 saturated heterocycles. The summed E-state index contributed by atoms with van der Waals surface area (Å²) in [6, 6.07) is 3.64. The predicted octanol–water partition coefficient (Wildman–Crippen LogP) is 3.25. The Labute approximate surface area is 124 Å². The highest BCUT2D eigenvalue weighted by Gasteiger charge is 2.30. The van der Waals surface area contributed by atoms with Gasteiger partial charge in [0.05, 0.1) is 16.7 Å². The van der Waals surface area contributed by atoms with E-state index in [0.29, 0.717) is 6.54 Å². The summed E-state index contributed by atoms with van der Waals surface area (Å²) in [7, 11) is 0. The van der Waals surface area contributed by atoms with Crippen LogP contribution in [-0.4, -0.2) is 23.7 Å². The van der Waals surface area contributed by atoms with Crippen LogP contribution in [0.5, 0.6) is 0 Å². The fourth-order valence-corrected chi connectivity index (χ4v) is 2.34. The van der Waals surface area contributed by atoms with E-state index >= 15 is 0 Å². The summed E-state index contributed by atoms with van der Waals surface area (Å²) in [5.74, 6) is -0.766. The number of aliphatic hydroxyl groups is 1. The number of benzene rings is 1. The minimum atomic E-state index is -0.536. The lowest BCUT2D eigenvalue weighted by molar-refractivity contribution is 0.0138. The molecule has 112 valence electrons. The fraction of sp³-hybridized carbons (Fsp3) is 0.533. The quantitative estimate of drug-likeness (QED) is 0.877. The Balaban J connectivity index is 2.72. The van der Waals surface area contributed by atoms with E-state index in [9.17, 15) is 14.3 Å². The van der Waals surface area contributed by atoms with Crippen LogP contribution in [0.15, 0.2) is 18.2 Å². The van der Waals surface area contributed by atoms with E-state index in [-0.39, 0.29) is 22.4 Å². The Kier molecular flexibility index (Phi) is 5.54. The lowest BCUT2D eigenvalue weighted by atomic mass is 9.80. The van der Waals surface area contributed by atoms with E-state index < -0.39 is 17.3 Å². The monoisotopic (exact) mass is 301 g/mol. The van der Waals surface area contributed by atoms with Crippen molar-refractivity contribution in [1.82, 2.24) is 5.32 Å². The molecule has 1 aromatic carbocycles. The summed E-state index contributed by atoms with van der Waals surface area (Å²) in [6.45, 7) is 7.91. The fourth-order valence-electron chi connectivity index (χ4n) is 2.08. The van der Waals surface area contributed by atoms with Crippen molar-refractivity contribution in [2.45, 2.75) is 33.8 Å². The van der Waals surface area contributed by atoms with E-state index in [2.05, 4.69) is 5.32 Å². The van der Waals surface area contributed by atoms with E-state index in [4.69, 9.17) is 11.6 Å². The van der Waals surface area contributed by atoms with Crippen LogP contribution in [0.3, 0.4) is 0 Å². The predicted molar refractivity (Wildman–Crippen MR) is 78.4 cm³/mol. The van der Waals surface area contributed by atoms with Gasteiger partial charge in [-0.05, 0) is 24.1 Å². The zero-order valence-corrected chi connectivity index (χ0v) is 13.0. The molecule has 5 heteroatoms. The molecule has 1 aromatic rings. The Morgan fingerprint density at radius 2 is 2.05 bits per heavy atom. The van der Waals surface area contributed by atoms with Gasteiger partial charge in [-0.25, -0.2) is 4.39 Å². The second-order valence-electron chi connectivity index (χ2n) is 5.98. The summed E-state index contributed by atoms with van der Waals surface area (Å²) in [5.41, 5.74) is -0.237. The van der Waals surface area contributed by atoms with Gasteiger partial charge in [-0.3, -0.25) is 4.79 Å². The highest BCUT2D eigenvalue weighted by Crippen LogP contribution is 2.25. The van der Waals surface area contributed by atoms with Crippen LogP contribution >= 0.6 is 11.6 Å². The zero-order valence-electron chi connectivity index (χ0n) is 12.2. The van der Waals surface area contributed by atoms with Crippen LogP contribution in [0.1, 0.15) is 38.1 Å². The zero-order chi connectivity index (χ0) is 15.5. The van der Waals surface area contributed by atoms with Crippen molar-refractivity contribution >= 4 is 17.5 Å². The minimum absolute atomic E-state index is 0.0738. The van der Waals surface area contributed by atoms with Crippen LogP contribution in [-0.2, 0) is 0 Å². The number of carbonyl (C=O) groups excluding carboxylic acids is 1. The summed E-state index contributed by atoms with van der Waals surface area (Å²) in [6.07, 6.45) is -0.536. The molecule has 0 spiro atoms. The van der Waals surface area contributed by atoms with Gasteiger partial charge in [0.15, 0.2) is 0 Å². The number of hydrogen-bond acceptors (Lipinski definition) is 2. The molecule has 0 saturated carbocycles. The second kappa shape index (κ2) is 6.55. The first-order valence-electron chi connectivity index (χ1n) is 6.56. The molecule has 0 heterocycles. The van der Waals surface area contributed by atoms with Crippen LogP contribution in [0.4, 0.5) is 4.39 Å². The molecule has 1 rings (SSSR count). The third-order valence-electron chi connectivity index (χ3n) is 3.31. The molecule has 1 amide bonds. The lowest BCUT2D eigenvalue weighted by Gasteiger charge is -2.33.